The summed E-state index contributed by atoms with van der Waals surface area (Å²) < 4.78 is 9.20. The van der Waals surface area contributed by atoms with Crippen LogP contribution in [-0.4, -0.2) is 24.5 Å². The molecular formula is C10H12O5. The lowest BCUT2D eigenvalue weighted by Crippen LogP contribution is -2.29. The topological polar surface area (TPSA) is 69.7 Å². The molecule has 0 aromatic carbocycles. The summed E-state index contributed by atoms with van der Waals surface area (Å²) in [6.07, 6.45) is -0.0602. The SMILES string of the molecule is C=C(C)C(=O)OCC1(C)CC(=O)OC1=O. The fourth-order valence-electron chi connectivity index (χ4n) is 1.11. The molecule has 0 N–H and O–H groups in total. The van der Waals surface area contributed by atoms with Crippen LogP contribution < -0.4 is 0 Å². The second-order valence-corrected chi connectivity index (χ2v) is 3.86. The lowest BCUT2D eigenvalue weighted by Gasteiger charge is -2.17. The summed E-state index contributed by atoms with van der Waals surface area (Å²) in [5, 5.41) is 0. The Morgan fingerprint density at radius 3 is 2.60 bits per heavy atom. The van der Waals surface area contributed by atoms with Crippen LogP contribution >= 0.6 is 0 Å². The zero-order valence-corrected chi connectivity index (χ0v) is 8.66. The number of cyclic esters (lactones) is 2. The van der Waals surface area contributed by atoms with Gasteiger partial charge in [-0.1, -0.05) is 6.58 Å². The van der Waals surface area contributed by atoms with E-state index in [4.69, 9.17) is 4.74 Å². The molecule has 1 aliphatic rings. The molecule has 82 valence electrons. The standard InChI is InChI=1S/C10H12O5/c1-6(2)8(12)14-5-10(3)4-7(11)15-9(10)13/h1,4-5H2,2-3H3. The van der Waals surface area contributed by atoms with Gasteiger partial charge >= 0.3 is 17.9 Å². The van der Waals surface area contributed by atoms with E-state index in [1.165, 1.54) is 13.8 Å². The fourth-order valence-corrected chi connectivity index (χ4v) is 1.11. The molecule has 0 aromatic rings. The van der Waals surface area contributed by atoms with E-state index in [0.717, 1.165) is 0 Å². The van der Waals surface area contributed by atoms with Crippen molar-refractivity contribution < 1.29 is 23.9 Å². The minimum absolute atomic E-state index is 0.0602. The zero-order chi connectivity index (χ0) is 11.6. The van der Waals surface area contributed by atoms with Crippen molar-refractivity contribution in [3.05, 3.63) is 12.2 Å². The van der Waals surface area contributed by atoms with Gasteiger partial charge in [0.25, 0.3) is 0 Å². The molecule has 0 aromatic heterocycles. The van der Waals surface area contributed by atoms with Crippen LogP contribution in [0.25, 0.3) is 0 Å². The molecule has 1 rings (SSSR count). The first-order valence-corrected chi connectivity index (χ1v) is 4.43. The number of carbonyl (C=O) groups is 3. The second-order valence-electron chi connectivity index (χ2n) is 3.86. The highest BCUT2D eigenvalue weighted by Crippen LogP contribution is 2.30. The average Bonchev–Trinajstić information content (AvgIpc) is 2.37. The molecule has 0 radical (unpaired) electrons. The minimum Gasteiger partial charge on any atom is -0.461 e. The lowest BCUT2D eigenvalue weighted by atomic mass is 9.90. The Balaban J connectivity index is 2.58. The summed E-state index contributed by atoms with van der Waals surface area (Å²) in [5.74, 6) is -1.82. The molecule has 1 saturated heterocycles. The van der Waals surface area contributed by atoms with Crippen molar-refractivity contribution >= 4 is 17.9 Å². The number of hydrogen-bond donors (Lipinski definition) is 0. The highest BCUT2D eigenvalue weighted by atomic mass is 16.6. The Labute approximate surface area is 87.0 Å². The molecule has 1 fully saturated rings. The van der Waals surface area contributed by atoms with Crippen LogP contribution in [-0.2, 0) is 23.9 Å². The van der Waals surface area contributed by atoms with E-state index in [0.29, 0.717) is 0 Å². The van der Waals surface area contributed by atoms with Gasteiger partial charge in [0.05, 0.1) is 6.42 Å². The van der Waals surface area contributed by atoms with E-state index in [1.807, 2.05) is 0 Å². The molecule has 5 nitrogen and oxygen atoms in total. The normalized spacial score (nSPS) is 24.9. The predicted octanol–water partition coefficient (Wildman–Crippen LogP) is 0.585. The zero-order valence-electron chi connectivity index (χ0n) is 8.66. The molecule has 1 unspecified atom stereocenters. The summed E-state index contributed by atoms with van der Waals surface area (Å²) in [6.45, 7) is 6.26. The molecule has 1 aliphatic heterocycles. The van der Waals surface area contributed by atoms with Crippen LogP contribution in [0, 0.1) is 5.41 Å². The first kappa shape index (κ1) is 11.4. The van der Waals surface area contributed by atoms with Crippen molar-refractivity contribution in [3.8, 4) is 0 Å². The molecule has 1 heterocycles. The monoisotopic (exact) mass is 212 g/mol. The van der Waals surface area contributed by atoms with Crippen LogP contribution in [0.2, 0.25) is 0 Å². The van der Waals surface area contributed by atoms with E-state index in [2.05, 4.69) is 11.3 Å². The summed E-state index contributed by atoms with van der Waals surface area (Å²) in [6, 6.07) is 0. The van der Waals surface area contributed by atoms with Gasteiger partial charge in [0.15, 0.2) is 0 Å². The van der Waals surface area contributed by atoms with Crippen LogP contribution in [0.1, 0.15) is 20.3 Å². The molecule has 5 heteroatoms. The maximum atomic E-state index is 11.2. The van der Waals surface area contributed by atoms with Gasteiger partial charge in [0, 0.05) is 5.57 Å². The van der Waals surface area contributed by atoms with E-state index in [1.54, 1.807) is 0 Å². The number of hydrogen-bond acceptors (Lipinski definition) is 5. The largest absolute Gasteiger partial charge is 0.461 e. The first-order chi connectivity index (χ1) is 6.85. The van der Waals surface area contributed by atoms with Crippen LogP contribution in [0.4, 0.5) is 0 Å². The molecular weight excluding hydrogens is 200 g/mol. The van der Waals surface area contributed by atoms with Gasteiger partial charge in [-0.2, -0.15) is 0 Å². The Hall–Kier alpha value is -1.65. The number of carbonyl (C=O) groups excluding carboxylic acids is 3. The van der Waals surface area contributed by atoms with E-state index in [-0.39, 0.29) is 18.6 Å². The Bertz CT molecular complexity index is 344. The maximum Gasteiger partial charge on any atom is 0.333 e. The van der Waals surface area contributed by atoms with Crippen molar-refractivity contribution in [1.82, 2.24) is 0 Å². The molecule has 0 bridgehead atoms. The van der Waals surface area contributed by atoms with Gasteiger partial charge in [-0.3, -0.25) is 9.59 Å². The van der Waals surface area contributed by atoms with Crippen LogP contribution in [0.5, 0.6) is 0 Å². The molecule has 15 heavy (non-hydrogen) atoms. The highest BCUT2D eigenvalue weighted by molar-refractivity contribution is 5.97. The molecule has 1 atom stereocenters. The number of ether oxygens (including phenoxy) is 2. The van der Waals surface area contributed by atoms with Gasteiger partial charge in [-0.25, -0.2) is 4.79 Å². The Kier molecular flexibility index (Phi) is 2.93. The van der Waals surface area contributed by atoms with Crippen molar-refractivity contribution in [2.24, 2.45) is 5.41 Å². The quantitative estimate of drug-likeness (QED) is 0.389. The average molecular weight is 212 g/mol. The number of rotatable bonds is 3. The first-order valence-electron chi connectivity index (χ1n) is 4.43. The van der Waals surface area contributed by atoms with Gasteiger partial charge in [0.1, 0.15) is 12.0 Å². The molecule has 0 saturated carbocycles. The van der Waals surface area contributed by atoms with Gasteiger partial charge in [-0.05, 0) is 13.8 Å². The summed E-state index contributed by atoms with van der Waals surface area (Å²) in [4.78, 5) is 33.1. The van der Waals surface area contributed by atoms with E-state index < -0.39 is 23.3 Å². The molecule has 0 amide bonds. The third-order valence-electron chi connectivity index (χ3n) is 2.10. The third-order valence-corrected chi connectivity index (χ3v) is 2.10. The third kappa shape index (κ3) is 2.43. The van der Waals surface area contributed by atoms with E-state index >= 15 is 0 Å². The summed E-state index contributed by atoms with van der Waals surface area (Å²) >= 11 is 0. The molecule has 0 spiro atoms. The smallest absolute Gasteiger partial charge is 0.333 e. The minimum atomic E-state index is -1.05. The Morgan fingerprint density at radius 1 is 1.60 bits per heavy atom. The van der Waals surface area contributed by atoms with Crippen molar-refractivity contribution in [1.29, 1.82) is 0 Å². The van der Waals surface area contributed by atoms with Crippen molar-refractivity contribution in [2.45, 2.75) is 20.3 Å². The maximum absolute atomic E-state index is 11.2. The summed E-state index contributed by atoms with van der Waals surface area (Å²) in [5.41, 5.74) is -0.807. The van der Waals surface area contributed by atoms with Gasteiger partial charge in [-0.15, -0.1) is 0 Å². The summed E-state index contributed by atoms with van der Waals surface area (Å²) in [7, 11) is 0. The fraction of sp³-hybridized carbons (Fsp3) is 0.500. The lowest BCUT2D eigenvalue weighted by molar-refractivity contribution is -0.157. The van der Waals surface area contributed by atoms with Crippen LogP contribution in [0.3, 0.4) is 0 Å². The highest BCUT2D eigenvalue weighted by Gasteiger charge is 2.46. The van der Waals surface area contributed by atoms with Gasteiger partial charge < -0.3 is 9.47 Å². The van der Waals surface area contributed by atoms with Crippen molar-refractivity contribution in [3.63, 3.8) is 0 Å². The van der Waals surface area contributed by atoms with E-state index in [9.17, 15) is 14.4 Å². The predicted molar refractivity (Wildman–Crippen MR) is 49.6 cm³/mol. The van der Waals surface area contributed by atoms with Crippen molar-refractivity contribution in [2.75, 3.05) is 6.61 Å². The van der Waals surface area contributed by atoms with Gasteiger partial charge in [0.2, 0.25) is 0 Å². The Morgan fingerprint density at radius 2 is 2.20 bits per heavy atom. The second kappa shape index (κ2) is 3.84. The molecule has 0 aliphatic carbocycles. The van der Waals surface area contributed by atoms with Crippen LogP contribution in [0.15, 0.2) is 12.2 Å². The number of esters is 3.